The molecule has 1 aromatic rings. The Kier molecular flexibility index (Phi) is 4.04. The minimum absolute atomic E-state index is 0.296. The fraction of sp³-hybridized carbons (Fsp3) is 0.714. The summed E-state index contributed by atoms with van der Waals surface area (Å²) in [5.41, 5.74) is 1.14. The Bertz CT molecular complexity index is 411. The molecule has 0 unspecified atom stereocenters. The summed E-state index contributed by atoms with van der Waals surface area (Å²) in [5.74, 6) is 1.50. The van der Waals surface area contributed by atoms with Gasteiger partial charge in [0, 0.05) is 25.7 Å². The van der Waals surface area contributed by atoms with Gasteiger partial charge in [-0.3, -0.25) is 4.79 Å². The Morgan fingerprint density at radius 1 is 1.50 bits per heavy atom. The average molecular weight is 249 g/mol. The lowest BCUT2D eigenvalue weighted by molar-refractivity contribution is -0.128. The van der Waals surface area contributed by atoms with Gasteiger partial charge in [0.1, 0.15) is 0 Å². The maximum absolute atomic E-state index is 12.0. The first-order valence-electron chi connectivity index (χ1n) is 6.87. The van der Waals surface area contributed by atoms with Crippen LogP contribution in [-0.4, -0.2) is 26.9 Å². The largest absolute Gasteiger partial charge is 0.337 e. The Balaban J connectivity index is 1.96. The van der Waals surface area contributed by atoms with E-state index in [0.29, 0.717) is 24.3 Å². The van der Waals surface area contributed by atoms with Gasteiger partial charge >= 0.3 is 0 Å². The number of aryl methyl sites for hydroxylation is 1. The van der Waals surface area contributed by atoms with Gasteiger partial charge in [0.2, 0.25) is 5.91 Å². The molecule has 4 heteroatoms. The minimum atomic E-state index is 0.296. The molecular formula is C14H23N3O. The summed E-state index contributed by atoms with van der Waals surface area (Å²) in [6.45, 7) is 9.07. The predicted octanol–water partition coefficient (Wildman–Crippen LogP) is 2.30. The van der Waals surface area contributed by atoms with Crippen molar-refractivity contribution in [2.24, 2.45) is 11.8 Å². The molecule has 1 saturated heterocycles. The van der Waals surface area contributed by atoms with E-state index in [4.69, 9.17) is 0 Å². The van der Waals surface area contributed by atoms with Crippen molar-refractivity contribution in [3.05, 3.63) is 18.2 Å². The molecule has 2 heterocycles. The highest BCUT2D eigenvalue weighted by atomic mass is 16.2. The number of hydrogen-bond donors (Lipinski definition) is 0. The molecule has 0 N–H and O–H groups in total. The fourth-order valence-corrected chi connectivity index (χ4v) is 2.79. The first-order valence-corrected chi connectivity index (χ1v) is 6.87. The second kappa shape index (κ2) is 5.55. The molecule has 0 aliphatic carbocycles. The third-order valence-corrected chi connectivity index (χ3v) is 3.59. The molecular weight excluding hydrogens is 226 g/mol. The van der Waals surface area contributed by atoms with Crippen LogP contribution in [0.1, 0.15) is 39.3 Å². The van der Waals surface area contributed by atoms with Crippen LogP contribution in [0.5, 0.6) is 0 Å². The zero-order valence-electron chi connectivity index (χ0n) is 11.6. The van der Waals surface area contributed by atoms with Gasteiger partial charge in [0.05, 0.1) is 18.6 Å². The van der Waals surface area contributed by atoms with Crippen molar-refractivity contribution in [1.82, 2.24) is 14.5 Å². The fourth-order valence-electron chi connectivity index (χ4n) is 2.79. The van der Waals surface area contributed by atoms with Crippen LogP contribution in [0.15, 0.2) is 12.5 Å². The van der Waals surface area contributed by atoms with Crippen molar-refractivity contribution >= 4 is 5.91 Å². The monoisotopic (exact) mass is 249 g/mol. The molecule has 0 aromatic carbocycles. The summed E-state index contributed by atoms with van der Waals surface area (Å²) in [7, 11) is 0. The van der Waals surface area contributed by atoms with Gasteiger partial charge in [-0.2, -0.15) is 0 Å². The van der Waals surface area contributed by atoms with Gasteiger partial charge in [-0.1, -0.05) is 13.8 Å². The summed E-state index contributed by atoms with van der Waals surface area (Å²) in [6, 6.07) is 0. The van der Waals surface area contributed by atoms with E-state index in [1.165, 1.54) is 0 Å². The number of rotatable bonds is 5. The van der Waals surface area contributed by atoms with Crippen molar-refractivity contribution in [1.29, 1.82) is 0 Å². The van der Waals surface area contributed by atoms with Crippen molar-refractivity contribution < 1.29 is 4.79 Å². The number of aromatic nitrogens is 2. The summed E-state index contributed by atoms with van der Waals surface area (Å²) in [6.07, 6.45) is 5.57. The number of likely N-dealkylation sites (tertiary alicyclic amines) is 1. The standard InChI is InChI=1S/C14H23N3O/c1-4-16-10-15-7-13(16)9-17-8-12(5-11(2)3)6-14(17)18/h7,10-12H,4-6,8-9H2,1-3H3/t12-/m0/s1. The highest BCUT2D eigenvalue weighted by molar-refractivity contribution is 5.78. The Labute approximate surface area is 109 Å². The molecule has 0 saturated carbocycles. The normalized spacial score (nSPS) is 20.1. The molecule has 0 bridgehead atoms. The second-order valence-electron chi connectivity index (χ2n) is 5.64. The third kappa shape index (κ3) is 2.92. The van der Waals surface area contributed by atoms with Gasteiger partial charge < -0.3 is 9.47 Å². The van der Waals surface area contributed by atoms with Crippen molar-refractivity contribution in [3.63, 3.8) is 0 Å². The molecule has 1 atom stereocenters. The molecule has 1 aromatic heterocycles. The van der Waals surface area contributed by atoms with Gasteiger partial charge in [0.15, 0.2) is 0 Å². The van der Waals surface area contributed by atoms with E-state index in [-0.39, 0.29) is 0 Å². The topological polar surface area (TPSA) is 38.1 Å². The van der Waals surface area contributed by atoms with Crippen molar-refractivity contribution in [3.8, 4) is 0 Å². The summed E-state index contributed by atoms with van der Waals surface area (Å²) >= 11 is 0. The van der Waals surface area contributed by atoms with Crippen LogP contribution < -0.4 is 0 Å². The Morgan fingerprint density at radius 2 is 2.28 bits per heavy atom. The zero-order chi connectivity index (χ0) is 13.1. The van der Waals surface area contributed by atoms with Crippen molar-refractivity contribution in [2.45, 2.75) is 46.7 Å². The number of nitrogens with zero attached hydrogens (tertiary/aromatic N) is 3. The number of hydrogen-bond acceptors (Lipinski definition) is 2. The number of imidazole rings is 1. The molecule has 18 heavy (non-hydrogen) atoms. The molecule has 1 aliphatic heterocycles. The highest BCUT2D eigenvalue weighted by Crippen LogP contribution is 2.25. The average Bonchev–Trinajstić information content (AvgIpc) is 2.86. The van der Waals surface area contributed by atoms with Gasteiger partial charge in [-0.25, -0.2) is 4.98 Å². The molecule has 1 fully saturated rings. The van der Waals surface area contributed by atoms with Crippen LogP contribution in [-0.2, 0) is 17.9 Å². The SMILES string of the molecule is CCn1cncc1CN1C[C@@H](CC(C)C)CC1=O. The van der Waals surface area contributed by atoms with E-state index in [0.717, 1.165) is 31.6 Å². The highest BCUT2D eigenvalue weighted by Gasteiger charge is 2.30. The first-order chi connectivity index (χ1) is 8.60. The van der Waals surface area contributed by atoms with Gasteiger partial charge in [0.25, 0.3) is 0 Å². The van der Waals surface area contributed by atoms with Gasteiger partial charge in [-0.05, 0) is 25.2 Å². The number of carbonyl (C=O) groups is 1. The minimum Gasteiger partial charge on any atom is -0.337 e. The van der Waals surface area contributed by atoms with E-state index in [2.05, 4.69) is 30.3 Å². The quantitative estimate of drug-likeness (QED) is 0.803. The summed E-state index contributed by atoms with van der Waals surface area (Å²) in [4.78, 5) is 18.1. The molecule has 2 rings (SSSR count). The van der Waals surface area contributed by atoms with Gasteiger partial charge in [-0.15, -0.1) is 0 Å². The van der Waals surface area contributed by atoms with Crippen LogP contribution in [0.4, 0.5) is 0 Å². The zero-order valence-corrected chi connectivity index (χ0v) is 11.6. The summed E-state index contributed by atoms with van der Waals surface area (Å²) in [5, 5.41) is 0. The molecule has 4 nitrogen and oxygen atoms in total. The second-order valence-corrected chi connectivity index (χ2v) is 5.64. The van der Waals surface area contributed by atoms with Crippen LogP contribution in [0, 0.1) is 11.8 Å². The lowest BCUT2D eigenvalue weighted by atomic mass is 9.96. The van der Waals surface area contributed by atoms with E-state index in [9.17, 15) is 4.79 Å². The molecule has 1 amide bonds. The predicted molar refractivity (Wildman–Crippen MR) is 70.9 cm³/mol. The number of carbonyl (C=O) groups excluding carboxylic acids is 1. The van der Waals surface area contributed by atoms with E-state index in [1.807, 2.05) is 17.4 Å². The van der Waals surface area contributed by atoms with Crippen LogP contribution in [0.2, 0.25) is 0 Å². The Morgan fingerprint density at radius 3 is 2.94 bits per heavy atom. The van der Waals surface area contributed by atoms with Crippen LogP contribution >= 0.6 is 0 Å². The third-order valence-electron chi connectivity index (χ3n) is 3.59. The molecule has 100 valence electrons. The lowest BCUT2D eigenvalue weighted by Gasteiger charge is -2.18. The maximum atomic E-state index is 12.0. The van der Waals surface area contributed by atoms with Crippen LogP contribution in [0.25, 0.3) is 0 Å². The molecule has 0 spiro atoms. The maximum Gasteiger partial charge on any atom is 0.223 e. The van der Waals surface area contributed by atoms with Crippen LogP contribution in [0.3, 0.4) is 0 Å². The Hall–Kier alpha value is -1.32. The first kappa shape index (κ1) is 13.1. The molecule has 0 radical (unpaired) electrons. The van der Waals surface area contributed by atoms with Crippen molar-refractivity contribution in [2.75, 3.05) is 6.54 Å². The smallest absolute Gasteiger partial charge is 0.223 e. The summed E-state index contributed by atoms with van der Waals surface area (Å²) < 4.78 is 2.10. The van der Waals surface area contributed by atoms with E-state index in [1.54, 1.807) is 0 Å². The number of amides is 1. The van der Waals surface area contributed by atoms with E-state index >= 15 is 0 Å². The lowest BCUT2D eigenvalue weighted by Crippen LogP contribution is -2.26. The van der Waals surface area contributed by atoms with E-state index < -0.39 is 0 Å². The molecule has 1 aliphatic rings.